The van der Waals surface area contributed by atoms with Crippen molar-refractivity contribution in [1.29, 1.82) is 5.26 Å². The lowest BCUT2D eigenvalue weighted by molar-refractivity contribution is 0.0636. The summed E-state index contributed by atoms with van der Waals surface area (Å²) in [6.45, 7) is 5.34. The Hall–Kier alpha value is -2.22. The molecular formula is C14H18N2O3. The van der Waals surface area contributed by atoms with Crippen molar-refractivity contribution in [3.05, 3.63) is 23.8 Å². The van der Waals surface area contributed by atoms with Crippen LogP contribution in [0, 0.1) is 11.3 Å². The maximum absolute atomic E-state index is 11.6. The van der Waals surface area contributed by atoms with Crippen molar-refractivity contribution in [2.24, 2.45) is 0 Å². The first-order chi connectivity index (χ1) is 8.81. The quantitative estimate of drug-likeness (QED) is 0.819. The third-order valence-electron chi connectivity index (χ3n) is 2.23. The zero-order valence-electron chi connectivity index (χ0n) is 11.4. The van der Waals surface area contributed by atoms with E-state index in [0.717, 1.165) is 0 Å². The zero-order valence-corrected chi connectivity index (χ0v) is 11.4. The second-order valence-corrected chi connectivity index (χ2v) is 5.13. The number of hydrogen-bond donors (Lipinski definition) is 2. The average Bonchev–Trinajstić information content (AvgIpc) is 2.27. The Balaban J connectivity index is 2.74. The largest absolute Gasteiger partial charge is 0.508 e. The Kier molecular flexibility index (Phi) is 4.76. The Morgan fingerprint density at radius 2 is 2.16 bits per heavy atom. The number of hydrogen-bond acceptors (Lipinski definition) is 4. The van der Waals surface area contributed by atoms with Gasteiger partial charge in [-0.15, -0.1) is 0 Å². The second-order valence-electron chi connectivity index (χ2n) is 5.13. The molecule has 0 radical (unpaired) electrons. The number of nitrogens with zero attached hydrogens (tertiary/aromatic N) is 1. The highest BCUT2D eigenvalue weighted by Gasteiger charge is 2.16. The number of benzene rings is 1. The van der Waals surface area contributed by atoms with Gasteiger partial charge in [0.2, 0.25) is 0 Å². The van der Waals surface area contributed by atoms with E-state index < -0.39 is 11.7 Å². The fourth-order valence-electron chi connectivity index (χ4n) is 1.48. The van der Waals surface area contributed by atoms with Crippen molar-refractivity contribution in [3.8, 4) is 11.8 Å². The van der Waals surface area contributed by atoms with E-state index in [4.69, 9.17) is 10.00 Å². The van der Waals surface area contributed by atoms with Crippen LogP contribution in [-0.2, 0) is 11.2 Å². The van der Waals surface area contributed by atoms with Gasteiger partial charge in [0.05, 0.1) is 6.07 Å². The molecule has 1 aromatic carbocycles. The minimum Gasteiger partial charge on any atom is -0.508 e. The molecule has 0 saturated carbocycles. The predicted octanol–water partition coefficient (Wildman–Crippen LogP) is 3.20. The molecule has 0 unspecified atom stereocenters. The first kappa shape index (κ1) is 14.8. The monoisotopic (exact) mass is 262 g/mol. The van der Waals surface area contributed by atoms with E-state index in [1.165, 1.54) is 6.07 Å². The number of phenols is 1. The number of anilines is 1. The Bertz CT molecular complexity index is 498. The summed E-state index contributed by atoms with van der Waals surface area (Å²) in [6.07, 6.45) is 0.194. The van der Waals surface area contributed by atoms with Gasteiger partial charge in [-0.1, -0.05) is 0 Å². The summed E-state index contributed by atoms with van der Waals surface area (Å²) in [4.78, 5) is 11.6. The van der Waals surface area contributed by atoms with E-state index in [0.29, 0.717) is 24.1 Å². The van der Waals surface area contributed by atoms with E-state index in [1.54, 1.807) is 32.9 Å². The van der Waals surface area contributed by atoms with Gasteiger partial charge in [0.1, 0.15) is 11.4 Å². The van der Waals surface area contributed by atoms with Crippen LogP contribution < -0.4 is 5.32 Å². The zero-order chi connectivity index (χ0) is 14.5. The molecule has 5 nitrogen and oxygen atoms in total. The number of amides is 1. The lowest BCUT2D eigenvalue weighted by Gasteiger charge is -2.19. The van der Waals surface area contributed by atoms with Crippen LogP contribution >= 0.6 is 0 Å². The van der Waals surface area contributed by atoms with Crippen LogP contribution in [0.5, 0.6) is 5.75 Å². The summed E-state index contributed by atoms with van der Waals surface area (Å²) >= 11 is 0. The highest BCUT2D eigenvalue weighted by atomic mass is 16.6. The summed E-state index contributed by atoms with van der Waals surface area (Å²) in [5.41, 5.74) is 0.583. The average molecular weight is 262 g/mol. The first-order valence-corrected chi connectivity index (χ1v) is 6.00. The molecule has 0 atom stereocenters. The number of rotatable bonds is 3. The van der Waals surface area contributed by atoms with E-state index in [1.807, 2.05) is 6.07 Å². The van der Waals surface area contributed by atoms with Crippen LogP contribution in [0.15, 0.2) is 18.2 Å². The SMILES string of the molecule is CC(C)(C)OC(=O)Nc1ccc(O)c(CCC#N)c1. The van der Waals surface area contributed by atoms with Gasteiger partial charge in [0, 0.05) is 12.1 Å². The summed E-state index contributed by atoms with van der Waals surface area (Å²) in [6, 6.07) is 6.71. The first-order valence-electron chi connectivity index (χ1n) is 6.00. The Labute approximate surface area is 112 Å². The number of carbonyl (C=O) groups excluding carboxylic acids is 1. The normalized spacial score (nSPS) is 10.6. The van der Waals surface area contributed by atoms with E-state index >= 15 is 0 Å². The molecule has 19 heavy (non-hydrogen) atoms. The summed E-state index contributed by atoms with van der Waals surface area (Å²) < 4.78 is 5.13. The molecule has 0 aliphatic heterocycles. The fraction of sp³-hybridized carbons (Fsp3) is 0.429. The third-order valence-corrected chi connectivity index (χ3v) is 2.23. The summed E-state index contributed by atoms with van der Waals surface area (Å²) in [5, 5.41) is 20.8. The van der Waals surface area contributed by atoms with Gasteiger partial charge in [-0.05, 0) is 51.0 Å². The number of aryl methyl sites for hydroxylation is 1. The molecule has 0 aromatic heterocycles. The van der Waals surface area contributed by atoms with Crippen LogP contribution in [0.1, 0.15) is 32.8 Å². The molecule has 0 heterocycles. The van der Waals surface area contributed by atoms with Gasteiger partial charge in [-0.2, -0.15) is 5.26 Å². The molecular weight excluding hydrogens is 244 g/mol. The summed E-state index contributed by atoms with van der Waals surface area (Å²) in [5.74, 6) is 0.116. The van der Waals surface area contributed by atoms with E-state index in [9.17, 15) is 9.90 Å². The molecule has 1 aromatic rings. The van der Waals surface area contributed by atoms with Crippen molar-refractivity contribution in [3.63, 3.8) is 0 Å². The smallest absolute Gasteiger partial charge is 0.412 e. The standard InChI is InChI=1S/C14H18N2O3/c1-14(2,3)19-13(18)16-11-6-7-12(17)10(9-11)5-4-8-15/h6-7,9,17H,4-5H2,1-3H3,(H,16,18). The predicted molar refractivity (Wildman–Crippen MR) is 71.9 cm³/mol. The van der Waals surface area contributed by atoms with E-state index in [-0.39, 0.29) is 5.75 Å². The molecule has 1 rings (SSSR count). The van der Waals surface area contributed by atoms with Crippen LogP contribution in [0.4, 0.5) is 10.5 Å². The Morgan fingerprint density at radius 1 is 1.47 bits per heavy atom. The molecule has 0 aliphatic carbocycles. The van der Waals surface area contributed by atoms with Gasteiger partial charge < -0.3 is 9.84 Å². The maximum Gasteiger partial charge on any atom is 0.412 e. The fourth-order valence-corrected chi connectivity index (χ4v) is 1.48. The van der Waals surface area contributed by atoms with Crippen LogP contribution in [0.3, 0.4) is 0 Å². The lowest BCUT2D eigenvalue weighted by atomic mass is 10.1. The van der Waals surface area contributed by atoms with Gasteiger partial charge in [0.25, 0.3) is 0 Å². The number of aromatic hydroxyl groups is 1. The molecule has 102 valence electrons. The highest BCUT2D eigenvalue weighted by Crippen LogP contribution is 2.23. The number of nitriles is 1. The number of phenolic OH excluding ortho intramolecular Hbond substituents is 1. The minimum atomic E-state index is -0.565. The number of carbonyl (C=O) groups is 1. The van der Waals surface area contributed by atoms with Gasteiger partial charge in [-0.3, -0.25) is 5.32 Å². The third kappa shape index (κ3) is 5.30. The maximum atomic E-state index is 11.6. The topological polar surface area (TPSA) is 82.3 Å². The number of ether oxygens (including phenoxy) is 1. The molecule has 2 N–H and O–H groups in total. The van der Waals surface area contributed by atoms with Crippen LogP contribution in [0.25, 0.3) is 0 Å². The Morgan fingerprint density at radius 3 is 2.74 bits per heavy atom. The van der Waals surface area contributed by atoms with Crippen molar-refractivity contribution >= 4 is 11.8 Å². The van der Waals surface area contributed by atoms with Crippen molar-refractivity contribution in [2.45, 2.75) is 39.2 Å². The molecule has 0 spiro atoms. The molecule has 0 aliphatic rings. The van der Waals surface area contributed by atoms with E-state index in [2.05, 4.69) is 5.32 Å². The van der Waals surface area contributed by atoms with Gasteiger partial charge in [-0.25, -0.2) is 4.79 Å². The van der Waals surface area contributed by atoms with Crippen LogP contribution in [-0.4, -0.2) is 16.8 Å². The van der Waals surface area contributed by atoms with Gasteiger partial charge in [0.15, 0.2) is 0 Å². The minimum absolute atomic E-state index is 0.116. The molecule has 0 fully saturated rings. The molecule has 0 bridgehead atoms. The van der Waals surface area contributed by atoms with Crippen molar-refractivity contribution in [2.75, 3.05) is 5.32 Å². The lowest BCUT2D eigenvalue weighted by Crippen LogP contribution is -2.27. The van der Waals surface area contributed by atoms with Crippen molar-refractivity contribution < 1.29 is 14.6 Å². The van der Waals surface area contributed by atoms with Gasteiger partial charge >= 0.3 is 6.09 Å². The highest BCUT2D eigenvalue weighted by molar-refractivity contribution is 5.85. The van der Waals surface area contributed by atoms with Crippen LogP contribution in [0.2, 0.25) is 0 Å². The number of nitrogens with one attached hydrogen (secondary N) is 1. The van der Waals surface area contributed by atoms with Crippen molar-refractivity contribution in [1.82, 2.24) is 0 Å². The second kappa shape index (κ2) is 6.10. The molecule has 0 saturated heterocycles. The molecule has 5 heteroatoms. The summed E-state index contributed by atoms with van der Waals surface area (Å²) in [7, 11) is 0. The molecule has 1 amide bonds.